The molecule has 16 heavy (non-hydrogen) atoms. The monoisotopic (exact) mass is 289 g/mol. The maximum Gasteiger partial charge on any atom is 0.228 e. The van der Waals surface area contributed by atoms with E-state index in [-0.39, 0.29) is 5.39 Å². The quantitative estimate of drug-likeness (QED) is 0.857. The van der Waals surface area contributed by atoms with Crippen molar-refractivity contribution in [3.63, 3.8) is 0 Å². The number of ether oxygens (including phenoxy) is 1. The Morgan fingerprint density at radius 3 is 2.88 bits per heavy atom. The van der Waals surface area contributed by atoms with Gasteiger partial charge in [0.25, 0.3) is 0 Å². The fourth-order valence-corrected chi connectivity index (χ4v) is 2.19. The molecular formula is C11H8BrF2NO. The molecule has 0 fully saturated rings. The smallest absolute Gasteiger partial charge is 0.228 e. The van der Waals surface area contributed by atoms with Gasteiger partial charge in [-0.2, -0.15) is 0 Å². The molecule has 0 saturated carbocycles. The number of nitrogens with two attached hydrogens (primary N) is 1. The van der Waals surface area contributed by atoms with Crippen LogP contribution in [0.5, 0.6) is 5.75 Å². The van der Waals surface area contributed by atoms with Gasteiger partial charge in [-0.1, -0.05) is 6.07 Å². The summed E-state index contributed by atoms with van der Waals surface area (Å²) in [6, 6.07) is 5.57. The van der Waals surface area contributed by atoms with Gasteiger partial charge in [0, 0.05) is 15.5 Å². The summed E-state index contributed by atoms with van der Waals surface area (Å²) < 4.78 is 44.8. The van der Waals surface area contributed by atoms with Crippen LogP contribution in [0.15, 0.2) is 28.7 Å². The fraction of sp³-hybridized carbons (Fsp3) is 0.0909. The first-order valence-electron chi connectivity index (χ1n) is 5.33. The van der Waals surface area contributed by atoms with E-state index in [4.69, 9.17) is 8.48 Å². The molecule has 0 amide bonds. The van der Waals surface area contributed by atoms with Crippen molar-refractivity contribution in [1.82, 2.24) is 0 Å². The predicted octanol–water partition coefficient (Wildman–Crippen LogP) is 3.63. The highest BCUT2D eigenvalue weighted by molar-refractivity contribution is 9.10. The maximum absolute atomic E-state index is 13.6. The molecular weight excluding hydrogens is 280 g/mol. The lowest BCUT2D eigenvalue weighted by atomic mass is 10.1. The van der Waals surface area contributed by atoms with Crippen LogP contribution in [0.2, 0.25) is 0 Å². The van der Waals surface area contributed by atoms with Crippen molar-refractivity contribution in [2.45, 2.75) is 0 Å². The highest BCUT2D eigenvalue weighted by Crippen LogP contribution is 2.36. The Balaban J connectivity index is 2.74. The molecule has 0 unspecified atom stereocenters. The molecule has 0 aromatic heterocycles. The average molecular weight is 290 g/mol. The van der Waals surface area contributed by atoms with Gasteiger partial charge in [-0.05, 0) is 39.5 Å². The third-order valence-electron chi connectivity index (χ3n) is 2.14. The minimum absolute atomic E-state index is 0.228. The summed E-state index contributed by atoms with van der Waals surface area (Å²) in [7, 11) is 0. The van der Waals surface area contributed by atoms with Gasteiger partial charge in [0.2, 0.25) is 6.81 Å². The number of alkyl halides is 1. The molecule has 2 nitrogen and oxygen atoms in total. The van der Waals surface area contributed by atoms with Gasteiger partial charge in [-0.15, -0.1) is 0 Å². The zero-order chi connectivity index (χ0) is 13.5. The maximum atomic E-state index is 13.6. The first-order valence-corrected chi connectivity index (χ1v) is 5.12. The molecule has 2 N–H and O–H groups in total. The second-order valence-corrected chi connectivity index (χ2v) is 4.01. The first kappa shape index (κ1) is 8.75. The lowest BCUT2D eigenvalue weighted by Gasteiger charge is -2.09. The molecule has 0 atom stereocenters. The molecule has 0 saturated heterocycles. The van der Waals surface area contributed by atoms with Gasteiger partial charge < -0.3 is 10.5 Å². The summed E-state index contributed by atoms with van der Waals surface area (Å²) >= 11 is 3.17. The molecule has 2 aromatic rings. The number of fused-ring (bicyclic) bond motifs is 1. The van der Waals surface area contributed by atoms with Gasteiger partial charge >= 0.3 is 0 Å². The Labute approximate surface area is 102 Å². The molecule has 0 aliphatic rings. The summed E-state index contributed by atoms with van der Waals surface area (Å²) in [5.41, 5.74) is 6.07. The van der Waals surface area contributed by atoms with E-state index in [0.717, 1.165) is 6.07 Å². The third kappa shape index (κ3) is 1.82. The standard InChI is InChI=1S/C11H8BrF2NO/c12-8-4-7(15)3-6-1-2-9(14)11(10(6)8)16-5-13/h1-4H,5,15H2/i5D2. The Morgan fingerprint density at radius 1 is 1.44 bits per heavy atom. The van der Waals surface area contributed by atoms with Gasteiger partial charge in [-0.25, -0.2) is 8.78 Å². The molecule has 0 heterocycles. The van der Waals surface area contributed by atoms with Crippen molar-refractivity contribution >= 4 is 32.4 Å². The van der Waals surface area contributed by atoms with E-state index in [9.17, 15) is 8.78 Å². The van der Waals surface area contributed by atoms with Crippen molar-refractivity contribution in [3.05, 3.63) is 34.6 Å². The summed E-state index contributed by atoms with van der Waals surface area (Å²) in [6.07, 6.45) is 0. The second kappa shape index (κ2) is 4.25. The van der Waals surface area contributed by atoms with Gasteiger partial charge in [-0.3, -0.25) is 0 Å². The van der Waals surface area contributed by atoms with Gasteiger partial charge in [0.05, 0.1) is 0 Å². The van der Waals surface area contributed by atoms with Crippen LogP contribution in [-0.2, 0) is 0 Å². The second-order valence-electron chi connectivity index (χ2n) is 3.16. The molecule has 2 rings (SSSR count). The van der Waals surface area contributed by atoms with Crippen molar-refractivity contribution in [2.75, 3.05) is 12.5 Å². The summed E-state index contributed by atoms with van der Waals surface area (Å²) in [5.74, 6) is -1.35. The number of hydrogen-bond donors (Lipinski definition) is 1. The van der Waals surface area contributed by atoms with Crippen LogP contribution in [0.1, 0.15) is 2.74 Å². The predicted molar refractivity (Wildman–Crippen MR) is 62.6 cm³/mol. The molecule has 0 radical (unpaired) electrons. The van der Waals surface area contributed by atoms with E-state index in [1.54, 1.807) is 6.07 Å². The number of benzene rings is 2. The molecule has 0 bridgehead atoms. The Bertz CT molecular complexity index is 616. The van der Waals surface area contributed by atoms with E-state index < -0.39 is 18.4 Å². The minimum Gasteiger partial charge on any atom is -0.459 e. The topological polar surface area (TPSA) is 35.2 Å². The highest BCUT2D eigenvalue weighted by atomic mass is 79.9. The van der Waals surface area contributed by atoms with Crippen LogP contribution in [-0.4, -0.2) is 6.81 Å². The number of halogens is 3. The number of nitrogen functional groups attached to an aromatic ring is 1. The van der Waals surface area contributed by atoms with Crippen molar-refractivity contribution < 1.29 is 16.3 Å². The third-order valence-corrected chi connectivity index (χ3v) is 2.76. The van der Waals surface area contributed by atoms with Crippen LogP contribution < -0.4 is 10.5 Å². The van der Waals surface area contributed by atoms with Crippen LogP contribution in [0.25, 0.3) is 10.8 Å². The van der Waals surface area contributed by atoms with E-state index in [0.29, 0.717) is 15.5 Å². The normalized spacial score (nSPS) is 13.4. The van der Waals surface area contributed by atoms with E-state index in [1.165, 1.54) is 12.1 Å². The van der Waals surface area contributed by atoms with Crippen LogP contribution in [0, 0.1) is 5.82 Å². The van der Waals surface area contributed by atoms with Crippen molar-refractivity contribution in [1.29, 1.82) is 0 Å². The molecule has 0 spiro atoms. The van der Waals surface area contributed by atoms with Gasteiger partial charge in [0.15, 0.2) is 11.6 Å². The Kier molecular flexibility index (Phi) is 2.33. The van der Waals surface area contributed by atoms with Crippen LogP contribution in [0.4, 0.5) is 14.5 Å². The van der Waals surface area contributed by atoms with Crippen molar-refractivity contribution in [3.8, 4) is 5.75 Å². The van der Waals surface area contributed by atoms with Crippen LogP contribution in [0.3, 0.4) is 0 Å². The van der Waals surface area contributed by atoms with E-state index in [1.807, 2.05) is 0 Å². The summed E-state index contributed by atoms with van der Waals surface area (Å²) in [5, 5.41) is 0.744. The number of anilines is 1. The largest absolute Gasteiger partial charge is 0.459 e. The average Bonchev–Trinajstić information content (AvgIpc) is 2.20. The van der Waals surface area contributed by atoms with E-state index in [2.05, 4.69) is 20.7 Å². The van der Waals surface area contributed by atoms with E-state index >= 15 is 0 Å². The zero-order valence-electron chi connectivity index (χ0n) is 9.93. The Morgan fingerprint density at radius 2 is 2.19 bits per heavy atom. The lowest BCUT2D eigenvalue weighted by Crippen LogP contribution is -1.96. The molecule has 5 heteroatoms. The first-order chi connectivity index (χ1) is 8.28. The Hall–Kier alpha value is -1.36. The fourth-order valence-electron chi connectivity index (χ4n) is 1.52. The SMILES string of the molecule is [2H]C([2H])(F)Oc1c(F)ccc2cc(N)cc(Br)c12. The molecule has 0 aliphatic heterocycles. The van der Waals surface area contributed by atoms with Gasteiger partial charge in [0.1, 0.15) is 2.74 Å². The number of hydrogen-bond acceptors (Lipinski definition) is 2. The minimum atomic E-state index is -3.46. The van der Waals surface area contributed by atoms with Crippen LogP contribution >= 0.6 is 15.9 Å². The zero-order valence-corrected chi connectivity index (χ0v) is 9.51. The molecule has 84 valence electrons. The number of rotatable bonds is 2. The summed E-state index contributed by atoms with van der Waals surface area (Å²) in [6.45, 7) is -3.46. The lowest BCUT2D eigenvalue weighted by molar-refractivity contribution is 0.187. The molecule has 0 aliphatic carbocycles. The highest BCUT2D eigenvalue weighted by Gasteiger charge is 2.12. The molecule has 2 aromatic carbocycles. The summed E-state index contributed by atoms with van der Waals surface area (Å²) in [4.78, 5) is 0. The van der Waals surface area contributed by atoms with Crippen molar-refractivity contribution in [2.24, 2.45) is 0 Å².